The molecule has 1 aliphatic rings. The monoisotopic (exact) mass is 288 g/mol. The summed E-state index contributed by atoms with van der Waals surface area (Å²) in [5, 5.41) is 24.8. The van der Waals surface area contributed by atoms with E-state index >= 15 is 0 Å². The third-order valence-electron chi connectivity index (χ3n) is 2.95. The molecular formula is C14H24O3Ti. The topological polar surface area (TPSA) is 69.2 Å². The van der Waals surface area contributed by atoms with Crippen LogP contribution in [0.2, 0.25) is 0 Å². The normalized spacial score (nSPS) is 11.1. The van der Waals surface area contributed by atoms with Gasteiger partial charge in [-0.25, -0.2) is 6.07 Å². The molecule has 0 saturated heterocycles. The third kappa shape index (κ3) is 6.76. The minimum absolute atomic E-state index is 0. The van der Waals surface area contributed by atoms with Crippen molar-refractivity contribution in [2.75, 3.05) is 21.3 Å². The molecule has 1 aliphatic carbocycles. The molecule has 0 heterocycles. The van der Waals surface area contributed by atoms with Gasteiger partial charge in [-0.15, -0.1) is 0 Å². The van der Waals surface area contributed by atoms with Crippen LogP contribution in [0.15, 0.2) is 6.07 Å². The SMILES string of the molecule is C[O-].C[O-].C[O-].Cc1cc2c([c-]1C)CCCC2.[Ti+4]. The Bertz CT molecular complexity index is 283. The van der Waals surface area contributed by atoms with Crippen molar-refractivity contribution in [2.45, 2.75) is 39.5 Å². The van der Waals surface area contributed by atoms with Crippen LogP contribution in [0, 0.1) is 13.8 Å². The second-order valence-corrected chi connectivity index (χ2v) is 3.66. The molecule has 102 valence electrons. The molecular weight excluding hydrogens is 264 g/mol. The molecule has 3 nitrogen and oxygen atoms in total. The van der Waals surface area contributed by atoms with E-state index in [1.165, 1.54) is 31.2 Å². The molecule has 18 heavy (non-hydrogen) atoms. The molecule has 4 heteroatoms. The van der Waals surface area contributed by atoms with Crippen LogP contribution < -0.4 is 15.3 Å². The Kier molecular flexibility index (Phi) is 19.2. The second-order valence-electron chi connectivity index (χ2n) is 3.66. The molecule has 1 aromatic rings. The Balaban J connectivity index is -0.000000285. The summed E-state index contributed by atoms with van der Waals surface area (Å²) in [5.74, 6) is 0. The van der Waals surface area contributed by atoms with Crippen molar-refractivity contribution in [2.24, 2.45) is 0 Å². The molecule has 0 unspecified atom stereocenters. The van der Waals surface area contributed by atoms with Gasteiger partial charge in [0.2, 0.25) is 0 Å². The fraction of sp³-hybridized carbons (Fsp3) is 0.643. The van der Waals surface area contributed by atoms with Crippen molar-refractivity contribution < 1.29 is 37.0 Å². The van der Waals surface area contributed by atoms with Gasteiger partial charge in [0.25, 0.3) is 0 Å². The van der Waals surface area contributed by atoms with Crippen molar-refractivity contribution in [1.29, 1.82) is 0 Å². The van der Waals surface area contributed by atoms with E-state index in [4.69, 9.17) is 15.3 Å². The van der Waals surface area contributed by atoms with E-state index in [0.717, 1.165) is 21.3 Å². The number of hydrogen-bond acceptors (Lipinski definition) is 3. The van der Waals surface area contributed by atoms with E-state index in [1.807, 2.05) is 0 Å². The largest absolute Gasteiger partial charge is 4.00 e. The minimum atomic E-state index is 0. The first kappa shape index (κ1) is 23.1. The number of hydrogen-bond donors (Lipinski definition) is 0. The van der Waals surface area contributed by atoms with Gasteiger partial charge in [0.05, 0.1) is 0 Å². The van der Waals surface area contributed by atoms with E-state index in [-0.39, 0.29) is 21.7 Å². The van der Waals surface area contributed by atoms with Crippen LogP contribution in [0.3, 0.4) is 0 Å². The van der Waals surface area contributed by atoms with Gasteiger partial charge >= 0.3 is 21.7 Å². The number of fused-ring (bicyclic) bond motifs is 1. The molecule has 0 N–H and O–H groups in total. The van der Waals surface area contributed by atoms with E-state index in [1.54, 1.807) is 16.7 Å². The molecule has 0 bridgehead atoms. The average Bonchev–Trinajstić information content (AvgIpc) is 2.73. The summed E-state index contributed by atoms with van der Waals surface area (Å²) < 4.78 is 0. The zero-order valence-electron chi connectivity index (χ0n) is 12.1. The summed E-state index contributed by atoms with van der Waals surface area (Å²) in [5.41, 5.74) is 6.34. The Morgan fingerprint density at radius 2 is 1.39 bits per heavy atom. The summed E-state index contributed by atoms with van der Waals surface area (Å²) in [7, 11) is 2.25. The predicted octanol–water partition coefficient (Wildman–Crippen LogP) is -0.172. The Labute approximate surface area is 126 Å². The minimum Gasteiger partial charge on any atom is -0.857 e. The predicted molar refractivity (Wildman–Crippen MR) is 65.9 cm³/mol. The Morgan fingerprint density at radius 3 is 1.83 bits per heavy atom. The molecule has 1 aromatic carbocycles. The van der Waals surface area contributed by atoms with Crippen LogP contribution in [0.1, 0.15) is 35.1 Å². The van der Waals surface area contributed by atoms with Crippen LogP contribution in [0.5, 0.6) is 0 Å². The van der Waals surface area contributed by atoms with Gasteiger partial charge < -0.3 is 15.3 Å². The van der Waals surface area contributed by atoms with Gasteiger partial charge in [-0.3, -0.25) is 0 Å². The maximum Gasteiger partial charge on any atom is 4.00 e. The van der Waals surface area contributed by atoms with Crippen molar-refractivity contribution in [1.82, 2.24) is 0 Å². The zero-order chi connectivity index (χ0) is 13.8. The summed E-state index contributed by atoms with van der Waals surface area (Å²) >= 11 is 0. The van der Waals surface area contributed by atoms with Gasteiger partial charge in [-0.1, -0.05) is 39.5 Å². The molecule has 0 spiro atoms. The van der Waals surface area contributed by atoms with E-state index in [2.05, 4.69) is 19.9 Å². The van der Waals surface area contributed by atoms with E-state index in [9.17, 15) is 0 Å². The molecule has 0 aliphatic heterocycles. The Morgan fingerprint density at radius 1 is 0.944 bits per heavy atom. The van der Waals surface area contributed by atoms with Crippen LogP contribution in [-0.4, -0.2) is 21.3 Å². The van der Waals surface area contributed by atoms with Crippen LogP contribution in [0.4, 0.5) is 0 Å². The summed E-state index contributed by atoms with van der Waals surface area (Å²) in [6.45, 7) is 4.49. The first-order valence-corrected chi connectivity index (χ1v) is 5.76. The van der Waals surface area contributed by atoms with Crippen molar-refractivity contribution >= 4 is 0 Å². The van der Waals surface area contributed by atoms with Gasteiger partial charge in [0, 0.05) is 0 Å². The summed E-state index contributed by atoms with van der Waals surface area (Å²) in [6.07, 6.45) is 5.45. The van der Waals surface area contributed by atoms with Gasteiger partial charge in [0.1, 0.15) is 0 Å². The van der Waals surface area contributed by atoms with Crippen LogP contribution in [0.25, 0.3) is 0 Å². The molecule has 0 saturated carbocycles. The zero-order valence-corrected chi connectivity index (χ0v) is 13.7. The third-order valence-corrected chi connectivity index (χ3v) is 2.95. The van der Waals surface area contributed by atoms with Crippen LogP contribution >= 0.6 is 0 Å². The smallest absolute Gasteiger partial charge is 0.857 e. The molecule has 0 atom stereocenters. The number of aryl methyl sites for hydroxylation is 2. The molecule has 0 aromatic heterocycles. The molecule has 0 fully saturated rings. The maximum absolute atomic E-state index is 8.25. The van der Waals surface area contributed by atoms with E-state index < -0.39 is 0 Å². The Hall–Kier alpha value is -0.0557. The fourth-order valence-corrected chi connectivity index (χ4v) is 2.12. The molecule has 0 radical (unpaired) electrons. The first-order valence-electron chi connectivity index (χ1n) is 5.76. The quantitative estimate of drug-likeness (QED) is 0.491. The van der Waals surface area contributed by atoms with Crippen molar-refractivity contribution in [3.8, 4) is 0 Å². The standard InChI is InChI=1S/C11H15.3CH3O.Ti/c1-8-7-10-5-3-4-6-11(10)9(8)2;3*1-2;/h7H,3-6H2,1-2H3;3*1H3;/q4*-1;+4. The first-order chi connectivity index (χ1) is 8.29. The second kappa shape index (κ2) is 15.0. The van der Waals surface area contributed by atoms with Gasteiger partial charge in [-0.2, -0.15) is 43.6 Å². The number of rotatable bonds is 0. The summed E-state index contributed by atoms with van der Waals surface area (Å²) in [4.78, 5) is 0. The van der Waals surface area contributed by atoms with Gasteiger partial charge in [0.15, 0.2) is 0 Å². The van der Waals surface area contributed by atoms with E-state index in [0.29, 0.717) is 0 Å². The van der Waals surface area contributed by atoms with Crippen molar-refractivity contribution in [3.63, 3.8) is 0 Å². The van der Waals surface area contributed by atoms with Crippen molar-refractivity contribution in [3.05, 3.63) is 28.3 Å². The average molecular weight is 288 g/mol. The molecule has 2 rings (SSSR count). The fourth-order valence-electron chi connectivity index (χ4n) is 2.12. The summed E-state index contributed by atoms with van der Waals surface area (Å²) in [6, 6.07) is 2.38. The van der Waals surface area contributed by atoms with Crippen LogP contribution in [-0.2, 0) is 34.6 Å². The maximum atomic E-state index is 8.25. The molecule has 0 amide bonds. The van der Waals surface area contributed by atoms with Gasteiger partial charge in [-0.05, 0) is 0 Å².